The summed E-state index contributed by atoms with van der Waals surface area (Å²) in [6.45, 7) is 3.31. The van der Waals surface area contributed by atoms with E-state index in [1.165, 1.54) is 12.4 Å². The molecule has 1 saturated heterocycles. The van der Waals surface area contributed by atoms with Crippen molar-refractivity contribution in [3.05, 3.63) is 77.5 Å². The monoisotopic (exact) mass is 472 g/mol. The molecule has 0 bridgehead atoms. The molecule has 4 N–H and O–H groups in total. The number of nitrogens with zero attached hydrogens (tertiary/aromatic N) is 2. The Bertz CT molecular complexity index is 1200. The van der Waals surface area contributed by atoms with E-state index >= 15 is 0 Å². The van der Waals surface area contributed by atoms with Gasteiger partial charge in [0.25, 0.3) is 5.91 Å². The van der Waals surface area contributed by atoms with Gasteiger partial charge in [-0.15, -0.1) is 0 Å². The number of hydrogen-bond donors (Lipinski definition) is 3. The van der Waals surface area contributed by atoms with E-state index in [1.54, 1.807) is 19.9 Å². The van der Waals surface area contributed by atoms with Crippen LogP contribution < -0.4 is 11.1 Å². The van der Waals surface area contributed by atoms with Gasteiger partial charge in [-0.25, -0.2) is 18.2 Å². The number of aromatic nitrogens is 2. The molecule has 0 saturated carbocycles. The quantitative estimate of drug-likeness (QED) is 0.534. The Morgan fingerprint density at radius 3 is 2.56 bits per heavy atom. The Labute approximate surface area is 193 Å². The fourth-order valence-electron chi connectivity index (χ4n) is 3.86. The summed E-state index contributed by atoms with van der Waals surface area (Å²) in [4.78, 5) is 20.8. The highest BCUT2D eigenvalue weighted by molar-refractivity contribution is 6.03. The molecule has 1 aromatic carbocycles. The first kappa shape index (κ1) is 23.8. The summed E-state index contributed by atoms with van der Waals surface area (Å²) in [6, 6.07) is 6.19. The van der Waals surface area contributed by atoms with Gasteiger partial charge in [0.2, 0.25) is 0 Å². The predicted octanol–water partition coefficient (Wildman–Crippen LogP) is 3.74. The largest absolute Gasteiger partial charge is 0.386 e. The lowest BCUT2D eigenvalue weighted by molar-refractivity contribution is -0.171. The van der Waals surface area contributed by atoms with Crippen molar-refractivity contribution in [3.63, 3.8) is 0 Å². The van der Waals surface area contributed by atoms with Crippen LogP contribution in [0.1, 0.15) is 42.4 Å². The molecule has 1 fully saturated rings. The van der Waals surface area contributed by atoms with Crippen molar-refractivity contribution in [2.24, 2.45) is 5.73 Å². The molecule has 0 aliphatic carbocycles. The summed E-state index contributed by atoms with van der Waals surface area (Å²) in [5, 5.41) is 13.1. The molecule has 10 heteroatoms. The number of hydrogen-bond acceptors (Lipinski definition) is 6. The van der Waals surface area contributed by atoms with Crippen molar-refractivity contribution in [2.45, 2.75) is 44.1 Å². The van der Waals surface area contributed by atoms with Gasteiger partial charge in [0, 0.05) is 17.8 Å². The molecule has 2 aromatic heterocycles. The second-order valence-corrected chi connectivity index (χ2v) is 8.38. The van der Waals surface area contributed by atoms with Crippen molar-refractivity contribution in [1.29, 1.82) is 0 Å². The minimum Gasteiger partial charge on any atom is -0.386 e. The molecule has 34 heavy (non-hydrogen) atoms. The number of pyridine rings is 2. The maximum atomic E-state index is 14.4. The lowest BCUT2D eigenvalue weighted by Gasteiger charge is -2.44. The molecule has 1 aliphatic rings. The summed E-state index contributed by atoms with van der Waals surface area (Å²) in [7, 11) is 0. The van der Waals surface area contributed by atoms with Crippen molar-refractivity contribution in [1.82, 2.24) is 9.97 Å². The van der Waals surface area contributed by atoms with Crippen LogP contribution in [0, 0.1) is 17.5 Å². The lowest BCUT2D eigenvalue weighted by atomic mass is 9.83. The summed E-state index contributed by atoms with van der Waals surface area (Å²) in [6.07, 6.45) is 2.10. The number of carbonyl (C=O) groups excluding carboxylic acids is 1. The first-order valence-corrected chi connectivity index (χ1v) is 10.6. The van der Waals surface area contributed by atoms with Crippen LogP contribution in [-0.2, 0) is 4.74 Å². The van der Waals surface area contributed by atoms with E-state index in [1.807, 2.05) is 0 Å². The van der Waals surface area contributed by atoms with Crippen LogP contribution in [0.3, 0.4) is 0 Å². The van der Waals surface area contributed by atoms with Gasteiger partial charge in [-0.05, 0) is 50.6 Å². The third-order valence-electron chi connectivity index (χ3n) is 6.14. The first-order chi connectivity index (χ1) is 16.1. The average molecular weight is 472 g/mol. The van der Waals surface area contributed by atoms with Crippen LogP contribution in [0.2, 0.25) is 0 Å². The van der Waals surface area contributed by atoms with Crippen LogP contribution in [0.5, 0.6) is 0 Å². The number of carbonyl (C=O) groups is 1. The molecule has 1 amide bonds. The smallest absolute Gasteiger partial charge is 0.274 e. The maximum Gasteiger partial charge on any atom is 0.274 e. The molecule has 3 aromatic rings. The molecule has 0 spiro atoms. The van der Waals surface area contributed by atoms with Crippen molar-refractivity contribution in [2.75, 3.05) is 5.32 Å². The number of rotatable bonds is 4. The Morgan fingerprint density at radius 1 is 1.18 bits per heavy atom. The zero-order valence-corrected chi connectivity index (χ0v) is 18.4. The first-order valence-electron chi connectivity index (χ1n) is 10.6. The summed E-state index contributed by atoms with van der Waals surface area (Å²) < 4.78 is 48.7. The van der Waals surface area contributed by atoms with Gasteiger partial charge in [0.05, 0.1) is 29.7 Å². The Kier molecular flexibility index (Phi) is 6.39. The van der Waals surface area contributed by atoms with Gasteiger partial charge in [0.15, 0.2) is 0 Å². The third kappa shape index (κ3) is 4.39. The molecular weight excluding hydrogens is 449 g/mol. The number of halogens is 3. The molecule has 7 nitrogen and oxygen atoms in total. The lowest BCUT2D eigenvalue weighted by Crippen LogP contribution is -2.58. The zero-order chi connectivity index (χ0) is 24.6. The highest BCUT2D eigenvalue weighted by atomic mass is 19.1. The van der Waals surface area contributed by atoms with Crippen LogP contribution in [0.15, 0.2) is 48.8 Å². The van der Waals surface area contributed by atoms with Crippen LogP contribution in [-0.4, -0.2) is 38.7 Å². The Morgan fingerprint density at radius 2 is 1.88 bits per heavy atom. The SMILES string of the molecule is C[C@H]1O[C@@H](c2ccncc2NC(=O)c2ccc(F)c(-c3c(F)cccc3F)n2)C[C@@H](N)[C@]1(C)O. The number of benzene rings is 1. The van der Waals surface area contributed by atoms with Gasteiger partial charge in [-0.2, -0.15) is 0 Å². The minimum absolute atomic E-state index is 0.258. The average Bonchev–Trinajstić information content (AvgIpc) is 2.79. The topological polar surface area (TPSA) is 110 Å². The van der Waals surface area contributed by atoms with E-state index in [2.05, 4.69) is 15.3 Å². The summed E-state index contributed by atoms with van der Waals surface area (Å²) >= 11 is 0. The molecule has 4 atom stereocenters. The van der Waals surface area contributed by atoms with Gasteiger partial charge >= 0.3 is 0 Å². The Hall–Kier alpha value is -3.34. The second-order valence-electron chi connectivity index (χ2n) is 8.38. The zero-order valence-electron chi connectivity index (χ0n) is 18.4. The van der Waals surface area contributed by atoms with Crippen molar-refractivity contribution < 1.29 is 27.8 Å². The fraction of sp³-hybridized carbons (Fsp3) is 0.292. The molecule has 3 heterocycles. The number of amides is 1. The van der Waals surface area contributed by atoms with E-state index < -0.39 is 58.5 Å². The number of aliphatic hydroxyl groups is 1. The van der Waals surface area contributed by atoms with Gasteiger partial charge < -0.3 is 20.9 Å². The van der Waals surface area contributed by atoms with Gasteiger partial charge in [-0.1, -0.05) is 6.07 Å². The normalized spacial score (nSPS) is 24.6. The maximum absolute atomic E-state index is 14.4. The van der Waals surface area contributed by atoms with Crippen LogP contribution >= 0.6 is 0 Å². The highest BCUT2D eigenvalue weighted by Gasteiger charge is 2.43. The van der Waals surface area contributed by atoms with Crippen molar-refractivity contribution in [3.8, 4) is 11.3 Å². The van der Waals surface area contributed by atoms with Crippen LogP contribution in [0.25, 0.3) is 11.3 Å². The molecule has 178 valence electrons. The molecule has 4 rings (SSSR count). The molecule has 0 radical (unpaired) electrons. The molecule has 1 aliphatic heterocycles. The predicted molar refractivity (Wildman–Crippen MR) is 118 cm³/mol. The van der Waals surface area contributed by atoms with E-state index in [0.29, 0.717) is 11.3 Å². The van der Waals surface area contributed by atoms with E-state index in [0.717, 1.165) is 30.3 Å². The van der Waals surface area contributed by atoms with E-state index in [9.17, 15) is 23.1 Å². The highest BCUT2D eigenvalue weighted by Crippen LogP contribution is 2.38. The summed E-state index contributed by atoms with van der Waals surface area (Å²) in [5.41, 5.74) is 4.25. The third-order valence-corrected chi connectivity index (χ3v) is 6.14. The standard InChI is InChI=1S/C24H23F3N4O3/c1-12-24(2,33)20(28)10-19(34-12)13-8-9-29-11-18(13)31-23(32)17-7-6-16(27)22(30-17)21-14(25)4-3-5-15(21)26/h3-9,11-12,19-20,33H,10,28H2,1-2H3,(H,31,32)/t12-,19-,20-,24-/m1/s1. The molecular formula is C24H23F3N4O3. The minimum atomic E-state index is -1.22. The number of nitrogens with one attached hydrogen (secondary N) is 1. The fourth-order valence-corrected chi connectivity index (χ4v) is 3.86. The number of ether oxygens (including phenoxy) is 1. The van der Waals surface area contributed by atoms with Crippen molar-refractivity contribution >= 4 is 11.6 Å². The second kappa shape index (κ2) is 9.13. The Balaban J connectivity index is 1.63. The van der Waals surface area contributed by atoms with Crippen LogP contribution in [0.4, 0.5) is 18.9 Å². The number of nitrogens with two attached hydrogens (primary N) is 1. The molecule has 0 unspecified atom stereocenters. The van der Waals surface area contributed by atoms with Gasteiger partial charge in [0.1, 0.15) is 34.4 Å². The van der Waals surface area contributed by atoms with E-state index in [4.69, 9.17) is 10.5 Å². The number of anilines is 1. The van der Waals surface area contributed by atoms with E-state index in [-0.39, 0.29) is 12.1 Å². The van der Waals surface area contributed by atoms with Gasteiger partial charge in [-0.3, -0.25) is 9.78 Å². The summed E-state index contributed by atoms with van der Waals surface area (Å²) in [5.74, 6) is -3.73.